The maximum absolute atomic E-state index is 9.75. The normalized spacial score (nSPS) is 20.5. The van der Waals surface area contributed by atoms with Crippen molar-refractivity contribution in [3.63, 3.8) is 0 Å². The van der Waals surface area contributed by atoms with Crippen LogP contribution in [0.25, 0.3) is 37.4 Å². The minimum Gasteiger partial charge on any atom is -0.418 e. The second kappa shape index (κ2) is 16.1. The van der Waals surface area contributed by atoms with Crippen molar-refractivity contribution in [2.75, 3.05) is 0 Å². The zero-order valence-corrected chi connectivity index (χ0v) is 30.4. The molecule has 1 aromatic heterocycles. The molecule has 0 amide bonds. The topological polar surface area (TPSA) is 0 Å². The molecule has 0 spiro atoms. The molecule has 4 aromatic carbocycles. The molecule has 0 N–H and O–H groups in total. The summed E-state index contributed by atoms with van der Waals surface area (Å²) in [4.78, 5) is 3.82. The number of rotatable bonds is 7. The number of hydrogen-bond donors (Lipinski definition) is 0. The van der Waals surface area contributed by atoms with E-state index >= 15 is 0 Å². The lowest BCUT2D eigenvalue weighted by atomic mass is 9.92. The highest BCUT2D eigenvalue weighted by Gasteiger charge is 2.55. The number of benzene rings is 4. The quantitative estimate of drug-likeness (QED) is 0.0907. The fourth-order valence-electron chi connectivity index (χ4n) is 7.09. The van der Waals surface area contributed by atoms with Gasteiger partial charge in [0.25, 0.3) is 0 Å². The zero-order valence-electron chi connectivity index (χ0n) is 28.0. The summed E-state index contributed by atoms with van der Waals surface area (Å²) in [5.74, 6) is 1.36. The molecule has 3 aliphatic rings. The van der Waals surface area contributed by atoms with Gasteiger partial charge in [-0.2, -0.15) is 0 Å². The first kappa shape index (κ1) is 36.0. The van der Waals surface area contributed by atoms with Gasteiger partial charge in [-0.05, 0) is 99.9 Å². The Labute approximate surface area is 315 Å². The van der Waals surface area contributed by atoms with Crippen molar-refractivity contribution >= 4 is 58.5 Å². The lowest BCUT2D eigenvalue weighted by molar-refractivity contribution is 0.368. The summed E-state index contributed by atoms with van der Waals surface area (Å²) in [5, 5.41) is 3.29. The van der Waals surface area contributed by atoms with Gasteiger partial charge in [0.15, 0.2) is 0 Å². The van der Waals surface area contributed by atoms with Crippen molar-refractivity contribution in [3.8, 4) is 20.9 Å². The van der Waals surface area contributed by atoms with Gasteiger partial charge in [0, 0.05) is 39.1 Å². The molecule has 3 unspecified atom stereocenters. The molecule has 0 nitrogen and oxygen atoms in total. The minimum absolute atomic E-state index is 0.363. The highest BCUT2D eigenvalue weighted by atomic mass is 35.5. The van der Waals surface area contributed by atoms with E-state index in [9.17, 15) is 17.3 Å². The average molecular weight is 749 g/mol. The highest BCUT2D eigenvalue weighted by molar-refractivity contribution is 8.11. The van der Waals surface area contributed by atoms with E-state index < -0.39 is 7.25 Å². The van der Waals surface area contributed by atoms with Crippen LogP contribution >= 0.6 is 34.7 Å². The van der Waals surface area contributed by atoms with Gasteiger partial charge in [0.2, 0.25) is 21.1 Å². The third kappa shape index (κ3) is 8.78. The van der Waals surface area contributed by atoms with E-state index in [1.807, 2.05) is 11.3 Å². The Morgan fingerprint density at radius 2 is 1.23 bits per heavy atom. The number of hydrogen-bond acceptors (Lipinski definition) is 1. The second-order valence-corrected chi connectivity index (χ2v) is 15.3. The Morgan fingerprint density at radius 1 is 0.712 bits per heavy atom. The summed E-state index contributed by atoms with van der Waals surface area (Å²) in [5.41, 5.74) is 10.3. The van der Waals surface area contributed by atoms with Crippen molar-refractivity contribution in [2.24, 2.45) is 17.8 Å². The highest BCUT2D eigenvalue weighted by Crippen LogP contribution is 2.64. The molecule has 0 radical (unpaired) electrons. The molecule has 8 heteroatoms. The maximum Gasteiger partial charge on any atom is 0.673 e. The smallest absolute Gasteiger partial charge is 0.418 e. The van der Waals surface area contributed by atoms with Gasteiger partial charge in [-0.3, -0.25) is 0 Å². The molecule has 5 aromatic rings. The van der Waals surface area contributed by atoms with Crippen molar-refractivity contribution < 1.29 is 17.3 Å². The van der Waals surface area contributed by atoms with Gasteiger partial charge in [-0.1, -0.05) is 133 Å². The van der Waals surface area contributed by atoms with E-state index in [4.69, 9.17) is 11.6 Å². The van der Waals surface area contributed by atoms with E-state index in [0.29, 0.717) is 17.8 Å². The first-order valence-electron chi connectivity index (χ1n) is 17.2. The average Bonchev–Trinajstić information content (AvgIpc) is 3.90. The Hall–Kier alpha value is -4.43. The minimum atomic E-state index is -6.00. The maximum atomic E-state index is 9.75. The van der Waals surface area contributed by atoms with E-state index in [2.05, 4.69) is 163 Å². The van der Waals surface area contributed by atoms with E-state index in [1.165, 1.54) is 59.2 Å². The van der Waals surface area contributed by atoms with Crippen molar-refractivity contribution in [1.29, 1.82) is 0 Å². The van der Waals surface area contributed by atoms with Crippen molar-refractivity contribution in [1.82, 2.24) is 0 Å². The fourth-order valence-corrected chi connectivity index (χ4v) is 9.51. The van der Waals surface area contributed by atoms with E-state index in [1.54, 1.807) is 11.8 Å². The lowest BCUT2D eigenvalue weighted by Crippen LogP contribution is -2.02. The molecular formula is C44H34BClF4S2. The Balaban J connectivity index is 0.000000789. The molecule has 2 aliphatic carbocycles. The van der Waals surface area contributed by atoms with Crippen LogP contribution in [0.3, 0.4) is 0 Å². The second-order valence-electron chi connectivity index (χ2n) is 12.8. The molecule has 260 valence electrons. The number of allylic oxidation sites excluding steroid dienone is 7. The molecular weight excluding hydrogens is 715 g/mol. The molecule has 8 rings (SSSR count). The first-order chi connectivity index (χ1) is 25.2. The molecule has 1 aliphatic heterocycles. The standard InChI is InChI=1S/C44H34ClS2.BF4/c45-44-35(22-21-30-27-39(32-15-7-2-8-16-32)47-40(28-30)33-17-9-3-10-18-33)23-24-37-42(43(37)44)41(34-19-11-4-12-20-34)36-25-26-46-38(29-36)31-13-5-1-6-14-31;2-1(3,4)5/h1-22,25-29,37,42-43H,23-24H2;/q+1;-1. The molecule has 3 atom stereocenters. The van der Waals surface area contributed by atoms with Crippen molar-refractivity contribution in [2.45, 2.75) is 12.8 Å². The Bertz CT molecular complexity index is 2110. The van der Waals surface area contributed by atoms with E-state index in [0.717, 1.165) is 17.9 Å². The fraction of sp³-hybridized carbons (Fsp3) is 0.114. The van der Waals surface area contributed by atoms with Gasteiger partial charge >= 0.3 is 7.25 Å². The van der Waals surface area contributed by atoms with Crippen LogP contribution in [0.15, 0.2) is 173 Å². The number of fused-ring (bicyclic) bond motifs is 1. The summed E-state index contributed by atoms with van der Waals surface area (Å²) >= 11 is 11.0. The summed E-state index contributed by atoms with van der Waals surface area (Å²) in [6.45, 7) is 0. The molecule has 1 saturated carbocycles. The lowest BCUT2D eigenvalue weighted by Gasteiger charge is -2.16. The van der Waals surface area contributed by atoms with Crippen LogP contribution in [0, 0.1) is 17.8 Å². The number of thioether (sulfide) groups is 1. The van der Waals surface area contributed by atoms with Crippen LogP contribution in [0.5, 0.6) is 0 Å². The third-order valence-electron chi connectivity index (χ3n) is 9.44. The van der Waals surface area contributed by atoms with Gasteiger partial charge < -0.3 is 17.3 Å². The summed E-state index contributed by atoms with van der Waals surface area (Å²) in [6, 6.07) is 47.7. The van der Waals surface area contributed by atoms with Gasteiger partial charge in [-0.15, -0.1) is 0 Å². The molecule has 52 heavy (non-hydrogen) atoms. The van der Waals surface area contributed by atoms with Crippen LogP contribution in [-0.4, -0.2) is 7.25 Å². The largest absolute Gasteiger partial charge is 0.673 e. The SMILES string of the molecule is ClC1=C(C=Cc2cc(-c3ccccc3)[s+]c(-c3ccccc3)c2)CCC2C1C2C(=C1C=CSC(c2ccccc2)=C1)c1ccccc1.F[B-](F)(F)F. The van der Waals surface area contributed by atoms with E-state index in [-0.39, 0.29) is 0 Å². The third-order valence-corrected chi connectivity index (χ3v) is 12.0. The van der Waals surface area contributed by atoms with Crippen molar-refractivity contribution in [3.05, 3.63) is 190 Å². The summed E-state index contributed by atoms with van der Waals surface area (Å²) in [7, 11) is -6.00. The zero-order chi connectivity index (χ0) is 36.1. The van der Waals surface area contributed by atoms with Crippen LogP contribution in [0.4, 0.5) is 17.3 Å². The predicted octanol–water partition coefficient (Wildman–Crippen LogP) is 14.6. The predicted molar refractivity (Wildman–Crippen MR) is 216 cm³/mol. The van der Waals surface area contributed by atoms with Crippen LogP contribution < -0.4 is 0 Å². The Kier molecular flexibility index (Phi) is 11.1. The van der Waals surface area contributed by atoms with Gasteiger partial charge in [-0.25, -0.2) is 0 Å². The molecule has 0 saturated heterocycles. The number of halogens is 5. The van der Waals surface area contributed by atoms with Gasteiger partial charge in [0.1, 0.15) is 0 Å². The monoisotopic (exact) mass is 748 g/mol. The first-order valence-corrected chi connectivity index (χ1v) is 19.2. The van der Waals surface area contributed by atoms with Gasteiger partial charge in [0.05, 0.1) is 0 Å². The molecule has 1 fully saturated rings. The van der Waals surface area contributed by atoms with Crippen LogP contribution in [0.1, 0.15) is 29.5 Å². The summed E-state index contributed by atoms with van der Waals surface area (Å²) < 4.78 is 39.0. The Morgan fingerprint density at radius 3 is 1.79 bits per heavy atom. The summed E-state index contributed by atoms with van der Waals surface area (Å²) in [6.07, 6.45) is 11.4. The molecule has 2 heterocycles. The van der Waals surface area contributed by atoms with Crippen LogP contribution in [-0.2, 0) is 0 Å². The van der Waals surface area contributed by atoms with Crippen LogP contribution in [0.2, 0.25) is 0 Å². The molecule has 0 bridgehead atoms.